The minimum Gasteiger partial charge on any atom is -0.240 e. The largest absolute Gasteiger partial charge is 0.244 e. The zero-order valence-electron chi connectivity index (χ0n) is 13.4. The lowest BCUT2D eigenvalue weighted by Gasteiger charge is -2.34. The van der Waals surface area contributed by atoms with Crippen LogP contribution < -0.4 is 0 Å². The Morgan fingerprint density at radius 1 is 1.25 bits per heavy atom. The molecule has 3 rings (SSSR count). The van der Waals surface area contributed by atoms with Crippen LogP contribution in [-0.2, 0) is 10.0 Å². The molecule has 1 atom stereocenters. The number of nitrogens with zero attached hydrogens (tertiary/aromatic N) is 4. The van der Waals surface area contributed by atoms with Crippen LogP contribution in [0.2, 0.25) is 0 Å². The molecule has 2 heterocycles. The van der Waals surface area contributed by atoms with Crippen molar-refractivity contribution in [3.63, 3.8) is 0 Å². The Bertz CT molecular complexity index is 875. The van der Waals surface area contributed by atoms with Gasteiger partial charge in [-0.15, -0.1) is 0 Å². The average Bonchev–Trinajstić information content (AvgIpc) is 2.63. The molecule has 0 spiro atoms. The number of benzene rings is 1. The van der Waals surface area contributed by atoms with Gasteiger partial charge in [-0.2, -0.15) is 9.57 Å². The van der Waals surface area contributed by atoms with Crippen LogP contribution in [0.1, 0.15) is 42.3 Å². The summed E-state index contributed by atoms with van der Waals surface area (Å²) < 4.78 is 27.9. The topological polar surface area (TPSA) is 87.0 Å². The molecule has 0 radical (unpaired) electrons. The van der Waals surface area contributed by atoms with E-state index in [-0.39, 0.29) is 10.9 Å². The Balaban J connectivity index is 2.06. The monoisotopic (exact) mass is 342 g/mol. The molecule has 0 bridgehead atoms. The van der Waals surface area contributed by atoms with Crippen molar-refractivity contribution >= 4 is 10.0 Å². The third kappa shape index (κ3) is 3.03. The highest BCUT2D eigenvalue weighted by Crippen LogP contribution is 2.34. The number of rotatable bonds is 3. The highest BCUT2D eigenvalue weighted by molar-refractivity contribution is 7.89. The van der Waals surface area contributed by atoms with Crippen LogP contribution >= 0.6 is 0 Å². The minimum atomic E-state index is -3.72. The molecule has 1 fully saturated rings. The minimum absolute atomic E-state index is 0.185. The Kier molecular flexibility index (Phi) is 4.60. The van der Waals surface area contributed by atoms with E-state index < -0.39 is 10.0 Å². The normalized spacial score (nSPS) is 18.9. The van der Waals surface area contributed by atoms with Crippen molar-refractivity contribution in [2.24, 2.45) is 0 Å². The number of aryl methyl sites for hydroxylation is 1. The number of sulfonamides is 1. The fourth-order valence-electron chi connectivity index (χ4n) is 3.01. The summed E-state index contributed by atoms with van der Waals surface area (Å²) in [4.78, 5) is 8.68. The molecule has 1 aliphatic heterocycles. The van der Waals surface area contributed by atoms with Crippen molar-refractivity contribution in [2.75, 3.05) is 6.54 Å². The van der Waals surface area contributed by atoms with E-state index in [9.17, 15) is 8.42 Å². The maximum absolute atomic E-state index is 13.2. The van der Waals surface area contributed by atoms with Crippen molar-refractivity contribution in [1.82, 2.24) is 14.3 Å². The van der Waals surface area contributed by atoms with Crippen molar-refractivity contribution in [2.45, 2.75) is 37.1 Å². The number of aromatic nitrogens is 2. The second-order valence-electron chi connectivity index (χ2n) is 5.83. The second-order valence-corrected chi connectivity index (χ2v) is 7.69. The van der Waals surface area contributed by atoms with E-state index >= 15 is 0 Å². The second kappa shape index (κ2) is 6.67. The van der Waals surface area contributed by atoms with Gasteiger partial charge in [0.25, 0.3) is 0 Å². The molecule has 1 aliphatic rings. The highest BCUT2D eigenvalue weighted by Gasteiger charge is 2.36. The third-order valence-corrected chi connectivity index (χ3v) is 6.29. The number of nitriles is 1. The van der Waals surface area contributed by atoms with E-state index in [1.807, 2.05) is 6.07 Å². The van der Waals surface area contributed by atoms with Gasteiger partial charge in [0.2, 0.25) is 10.0 Å². The summed E-state index contributed by atoms with van der Waals surface area (Å²) in [6.45, 7) is 2.17. The Labute approximate surface area is 141 Å². The molecule has 1 saturated heterocycles. The van der Waals surface area contributed by atoms with Crippen molar-refractivity contribution in [3.05, 3.63) is 53.6 Å². The lowest BCUT2D eigenvalue weighted by molar-refractivity contribution is 0.246. The van der Waals surface area contributed by atoms with Crippen LogP contribution in [0.4, 0.5) is 0 Å². The summed E-state index contributed by atoms with van der Waals surface area (Å²) in [5.41, 5.74) is 0.969. The zero-order valence-corrected chi connectivity index (χ0v) is 14.2. The molecule has 0 aliphatic carbocycles. The third-order valence-electron chi connectivity index (χ3n) is 4.24. The molecule has 24 heavy (non-hydrogen) atoms. The summed E-state index contributed by atoms with van der Waals surface area (Å²) in [6.07, 6.45) is 5.69. The van der Waals surface area contributed by atoms with Crippen LogP contribution in [0.3, 0.4) is 0 Å². The van der Waals surface area contributed by atoms with Crippen molar-refractivity contribution < 1.29 is 8.42 Å². The SMILES string of the molecule is Cc1ccc(C#N)cc1S(=O)(=O)N1CCCCC1c1ncccn1. The molecule has 6 nitrogen and oxygen atoms in total. The number of hydrogen-bond donors (Lipinski definition) is 0. The van der Waals surface area contributed by atoms with Crippen LogP contribution in [-0.4, -0.2) is 29.2 Å². The standard InChI is InChI=1S/C17H18N4O2S/c1-13-6-7-14(12-18)11-16(13)24(22,23)21-10-3-2-5-15(21)17-19-8-4-9-20-17/h4,6-9,11,15H,2-3,5,10H2,1H3. The summed E-state index contributed by atoms with van der Waals surface area (Å²) in [5, 5.41) is 9.08. The molecule has 7 heteroatoms. The van der Waals surface area contributed by atoms with E-state index in [1.54, 1.807) is 37.5 Å². The highest BCUT2D eigenvalue weighted by atomic mass is 32.2. The first-order chi connectivity index (χ1) is 11.5. The van der Waals surface area contributed by atoms with Gasteiger partial charge in [-0.25, -0.2) is 18.4 Å². The van der Waals surface area contributed by atoms with E-state index in [1.165, 1.54) is 10.4 Å². The van der Waals surface area contributed by atoms with Crippen LogP contribution in [0.25, 0.3) is 0 Å². The molecule has 0 amide bonds. The van der Waals surface area contributed by atoms with Gasteiger partial charge in [-0.1, -0.05) is 12.5 Å². The summed E-state index contributed by atoms with van der Waals surface area (Å²) in [6, 6.07) is 8.10. The summed E-state index contributed by atoms with van der Waals surface area (Å²) >= 11 is 0. The molecule has 2 aromatic rings. The number of hydrogen-bond acceptors (Lipinski definition) is 5. The predicted molar refractivity (Wildman–Crippen MR) is 88.4 cm³/mol. The molecule has 0 N–H and O–H groups in total. The van der Waals surface area contributed by atoms with Gasteiger partial charge in [0.05, 0.1) is 22.6 Å². The van der Waals surface area contributed by atoms with Gasteiger partial charge in [-0.3, -0.25) is 0 Å². The van der Waals surface area contributed by atoms with Crippen LogP contribution in [0.5, 0.6) is 0 Å². The fourth-order valence-corrected chi connectivity index (χ4v) is 4.91. The predicted octanol–water partition coefficient (Wildman–Crippen LogP) is 2.57. The zero-order chi connectivity index (χ0) is 17.2. The Morgan fingerprint density at radius 3 is 2.71 bits per heavy atom. The molecule has 1 aromatic carbocycles. The van der Waals surface area contributed by atoms with Gasteiger partial charge in [0.15, 0.2) is 0 Å². The average molecular weight is 342 g/mol. The Hall–Kier alpha value is -2.30. The lowest BCUT2D eigenvalue weighted by Crippen LogP contribution is -2.39. The first-order valence-corrected chi connectivity index (χ1v) is 9.27. The fraction of sp³-hybridized carbons (Fsp3) is 0.353. The molecule has 0 saturated carbocycles. The van der Waals surface area contributed by atoms with Crippen molar-refractivity contribution in [3.8, 4) is 6.07 Å². The number of piperidine rings is 1. The molecular formula is C17H18N4O2S. The van der Waals surface area contributed by atoms with E-state index in [0.29, 0.717) is 29.9 Å². The maximum atomic E-state index is 13.2. The summed E-state index contributed by atoms with van der Waals surface area (Å²) in [7, 11) is -3.72. The lowest BCUT2D eigenvalue weighted by atomic mass is 10.0. The molecule has 124 valence electrons. The molecule has 1 unspecified atom stereocenters. The van der Waals surface area contributed by atoms with Crippen molar-refractivity contribution in [1.29, 1.82) is 5.26 Å². The van der Waals surface area contributed by atoms with E-state index in [0.717, 1.165) is 12.8 Å². The smallest absolute Gasteiger partial charge is 0.240 e. The van der Waals surface area contributed by atoms with Crippen LogP contribution in [0, 0.1) is 18.3 Å². The van der Waals surface area contributed by atoms with Gasteiger partial charge >= 0.3 is 0 Å². The van der Waals surface area contributed by atoms with Gasteiger partial charge in [0, 0.05) is 18.9 Å². The van der Waals surface area contributed by atoms with E-state index in [4.69, 9.17) is 5.26 Å². The van der Waals surface area contributed by atoms with Gasteiger partial charge in [0.1, 0.15) is 5.82 Å². The first-order valence-electron chi connectivity index (χ1n) is 7.83. The maximum Gasteiger partial charge on any atom is 0.244 e. The first kappa shape index (κ1) is 16.6. The van der Waals surface area contributed by atoms with Gasteiger partial charge in [-0.05, 0) is 43.5 Å². The Morgan fingerprint density at radius 2 is 2.00 bits per heavy atom. The van der Waals surface area contributed by atoms with E-state index in [2.05, 4.69) is 9.97 Å². The summed E-state index contributed by atoms with van der Waals surface area (Å²) in [5.74, 6) is 0.523. The van der Waals surface area contributed by atoms with Gasteiger partial charge < -0.3 is 0 Å². The molecular weight excluding hydrogens is 324 g/mol. The molecule has 1 aromatic heterocycles. The quantitative estimate of drug-likeness (QED) is 0.855. The van der Waals surface area contributed by atoms with Crippen LogP contribution in [0.15, 0.2) is 41.6 Å².